The summed E-state index contributed by atoms with van der Waals surface area (Å²) in [6.07, 6.45) is 2.96. The summed E-state index contributed by atoms with van der Waals surface area (Å²) in [5.41, 5.74) is 3.54. The molecule has 0 unspecified atom stereocenters. The molecule has 6 heteroatoms. The third-order valence-electron chi connectivity index (χ3n) is 5.15. The van der Waals surface area contributed by atoms with E-state index in [2.05, 4.69) is 0 Å². The molecule has 5 nitrogen and oxygen atoms in total. The summed E-state index contributed by atoms with van der Waals surface area (Å²) in [6.45, 7) is 3.79. The zero-order valence-corrected chi connectivity index (χ0v) is 17.4. The van der Waals surface area contributed by atoms with Crippen molar-refractivity contribution in [3.63, 3.8) is 0 Å². The van der Waals surface area contributed by atoms with E-state index in [1.807, 2.05) is 31.2 Å². The van der Waals surface area contributed by atoms with Gasteiger partial charge in [-0.15, -0.1) is 0 Å². The molecule has 0 bridgehead atoms. The second-order valence-electron chi connectivity index (χ2n) is 7.56. The van der Waals surface area contributed by atoms with Gasteiger partial charge in [-0.3, -0.25) is 4.79 Å². The Hall–Kier alpha value is -2.18. The van der Waals surface area contributed by atoms with Crippen LogP contribution in [0.5, 0.6) is 0 Å². The first-order valence-electron chi connectivity index (χ1n) is 9.73. The topological polar surface area (TPSA) is 57.7 Å². The fourth-order valence-corrected chi connectivity index (χ4v) is 5.06. The van der Waals surface area contributed by atoms with Crippen molar-refractivity contribution in [1.82, 2.24) is 9.21 Å². The lowest BCUT2D eigenvalue weighted by molar-refractivity contribution is 0.0785. The Kier molecular flexibility index (Phi) is 6.52. The third-order valence-corrected chi connectivity index (χ3v) is 7.00. The molecule has 0 N–H and O–H groups in total. The molecular weight excluding hydrogens is 372 g/mol. The van der Waals surface area contributed by atoms with Crippen LogP contribution < -0.4 is 0 Å². The Morgan fingerprint density at radius 2 is 1.50 bits per heavy atom. The maximum absolute atomic E-state index is 12.7. The minimum atomic E-state index is -3.29. The van der Waals surface area contributed by atoms with Crippen LogP contribution in [-0.4, -0.2) is 43.7 Å². The molecule has 1 aliphatic heterocycles. The quantitative estimate of drug-likeness (QED) is 0.745. The highest BCUT2D eigenvalue weighted by Crippen LogP contribution is 2.18. The number of carbonyl (C=O) groups excluding carboxylic acids is 1. The number of nitrogens with zero attached hydrogens (tertiary/aromatic N) is 2. The standard InChI is InChI=1S/C22H28N2O3S/c1-18-6-8-19(9-7-18)16-23(2)22(25)21-12-10-20(11-13-21)17-28(26,27)24-14-4-3-5-15-24/h6-13H,3-5,14-17H2,1-2H3. The number of sulfonamides is 1. The fraction of sp³-hybridized carbons (Fsp3) is 0.409. The van der Waals surface area contributed by atoms with E-state index in [0.29, 0.717) is 30.8 Å². The SMILES string of the molecule is Cc1ccc(CN(C)C(=O)c2ccc(CS(=O)(=O)N3CCCCC3)cc2)cc1. The molecule has 0 saturated carbocycles. The van der Waals surface area contributed by atoms with Crippen LogP contribution >= 0.6 is 0 Å². The van der Waals surface area contributed by atoms with Gasteiger partial charge in [0.15, 0.2) is 0 Å². The summed E-state index contributed by atoms with van der Waals surface area (Å²) in [5.74, 6) is -0.0910. The first-order valence-corrected chi connectivity index (χ1v) is 11.3. The maximum atomic E-state index is 12.7. The highest BCUT2D eigenvalue weighted by Gasteiger charge is 2.24. The number of benzene rings is 2. The summed E-state index contributed by atoms with van der Waals surface area (Å²) in [6, 6.07) is 15.0. The molecule has 0 aromatic heterocycles. The summed E-state index contributed by atoms with van der Waals surface area (Å²) in [7, 11) is -1.52. The molecule has 1 fully saturated rings. The van der Waals surface area contributed by atoms with E-state index < -0.39 is 10.0 Å². The van der Waals surface area contributed by atoms with Crippen LogP contribution in [0.2, 0.25) is 0 Å². The lowest BCUT2D eigenvalue weighted by atomic mass is 10.1. The number of hydrogen-bond acceptors (Lipinski definition) is 3. The largest absolute Gasteiger partial charge is 0.337 e. The van der Waals surface area contributed by atoms with Gasteiger partial charge in [-0.25, -0.2) is 12.7 Å². The Balaban J connectivity index is 1.62. The molecule has 1 aliphatic rings. The summed E-state index contributed by atoms with van der Waals surface area (Å²) >= 11 is 0. The van der Waals surface area contributed by atoms with Gasteiger partial charge in [0, 0.05) is 32.2 Å². The highest BCUT2D eigenvalue weighted by molar-refractivity contribution is 7.88. The zero-order chi connectivity index (χ0) is 20.1. The van der Waals surface area contributed by atoms with E-state index >= 15 is 0 Å². The van der Waals surface area contributed by atoms with Gasteiger partial charge in [-0.2, -0.15) is 0 Å². The molecule has 0 radical (unpaired) electrons. The minimum Gasteiger partial charge on any atom is -0.337 e. The number of carbonyl (C=O) groups is 1. The maximum Gasteiger partial charge on any atom is 0.253 e. The van der Waals surface area contributed by atoms with Crippen molar-refractivity contribution in [2.45, 2.75) is 38.5 Å². The van der Waals surface area contributed by atoms with E-state index in [9.17, 15) is 13.2 Å². The highest BCUT2D eigenvalue weighted by atomic mass is 32.2. The van der Waals surface area contributed by atoms with Gasteiger partial charge in [-0.1, -0.05) is 48.4 Å². The number of aryl methyl sites for hydroxylation is 1. The van der Waals surface area contributed by atoms with Gasteiger partial charge in [0.2, 0.25) is 10.0 Å². The monoisotopic (exact) mass is 400 g/mol. The predicted octanol–water partition coefficient (Wildman–Crippen LogP) is 3.58. The van der Waals surface area contributed by atoms with Crippen molar-refractivity contribution < 1.29 is 13.2 Å². The van der Waals surface area contributed by atoms with Gasteiger partial charge >= 0.3 is 0 Å². The van der Waals surface area contributed by atoms with Crippen LogP contribution in [0, 0.1) is 6.92 Å². The summed E-state index contributed by atoms with van der Waals surface area (Å²) in [5, 5.41) is 0. The molecular formula is C22H28N2O3S. The van der Waals surface area contributed by atoms with Crippen molar-refractivity contribution in [3.8, 4) is 0 Å². The van der Waals surface area contributed by atoms with E-state index in [-0.39, 0.29) is 11.7 Å². The van der Waals surface area contributed by atoms with Gasteiger partial charge in [-0.05, 0) is 43.0 Å². The van der Waals surface area contributed by atoms with Crippen molar-refractivity contribution in [1.29, 1.82) is 0 Å². The normalized spacial score (nSPS) is 15.4. The van der Waals surface area contributed by atoms with Crippen LogP contribution in [0.4, 0.5) is 0 Å². The Morgan fingerprint density at radius 1 is 0.929 bits per heavy atom. The molecule has 150 valence electrons. The van der Waals surface area contributed by atoms with Gasteiger partial charge in [0.1, 0.15) is 0 Å². The molecule has 2 aromatic carbocycles. The number of amides is 1. The molecule has 0 atom stereocenters. The van der Waals surface area contributed by atoms with Crippen molar-refractivity contribution in [3.05, 3.63) is 70.8 Å². The van der Waals surface area contributed by atoms with E-state index in [1.165, 1.54) is 5.56 Å². The Bertz CT molecular complexity index is 900. The lowest BCUT2D eigenvalue weighted by Gasteiger charge is -2.25. The molecule has 1 saturated heterocycles. The van der Waals surface area contributed by atoms with Crippen molar-refractivity contribution in [2.75, 3.05) is 20.1 Å². The summed E-state index contributed by atoms with van der Waals surface area (Å²) < 4.78 is 26.7. The van der Waals surface area contributed by atoms with E-state index in [1.54, 1.807) is 40.5 Å². The number of hydrogen-bond donors (Lipinski definition) is 0. The number of rotatable bonds is 6. The van der Waals surface area contributed by atoms with Crippen molar-refractivity contribution in [2.24, 2.45) is 0 Å². The molecule has 2 aromatic rings. The smallest absolute Gasteiger partial charge is 0.253 e. The summed E-state index contributed by atoms with van der Waals surface area (Å²) in [4.78, 5) is 14.3. The van der Waals surface area contributed by atoms with Crippen LogP contribution in [-0.2, 0) is 22.3 Å². The second kappa shape index (κ2) is 8.88. The van der Waals surface area contributed by atoms with E-state index in [4.69, 9.17) is 0 Å². The molecule has 0 aliphatic carbocycles. The minimum absolute atomic E-state index is 0.0132. The van der Waals surface area contributed by atoms with Crippen LogP contribution in [0.15, 0.2) is 48.5 Å². The van der Waals surface area contributed by atoms with Crippen LogP contribution in [0.3, 0.4) is 0 Å². The molecule has 28 heavy (non-hydrogen) atoms. The Morgan fingerprint density at radius 3 is 2.11 bits per heavy atom. The van der Waals surface area contributed by atoms with Crippen LogP contribution in [0.1, 0.15) is 46.3 Å². The van der Waals surface area contributed by atoms with E-state index in [0.717, 1.165) is 24.8 Å². The molecule has 3 rings (SSSR count). The average molecular weight is 401 g/mol. The van der Waals surface area contributed by atoms with Gasteiger partial charge in [0.25, 0.3) is 5.91 Å². The molecule has 0 spiro atoms. The number of piperidine rings is 1. The molecule has 1 amide bonds. The van der Waals surface area contributed by atoms with Crippen LogP contribution in [0.25, 0.3) is 0 Å². The molecule has 1 heterocycles. The van der Waals surface area contributed by atoms with Crippen molar-refractivity contribution >= 4 is 15.9 Å². The van der Waals surface area contributed by atoms with Gasteiger partial charge < -0.3 is 4.90 Å². The third kappa shape index (κ3) is 5.20. The average Bonchev–Trinajstić information content (AvgIpc) is 2.70. The second-order valence-corrected chi connectivity index (χ2v) is 9.53. The van der Waals surface area contributed by atoms with Gasteiger partial charge in [0.05, 0.1) is 5.75 Å². The first-order chi connectivity index (χ1) is 13.3. The Labute approximate surface area is 168 Å². The zero-order valence-electron chi connectivity index (χ0n) is 16.6. The predicted molar refractivity (Wildman–Crippen MR) is 111 cm³/mol. The lowest BCUT2D eigenvalue weighted by Crippen LogP contribution is -2.36. The first kappa shape index (κ1) is 20.6. The fourth-order valence-electron chi connectivity index (χ4n) is 3.45.